The van der Waals surface area contributed by atoms with Crippen LogP contribution in [0.25, 0.3) is 11.2 Å². The maximum Gasteiger partial charge on any atom is 0.330 e. The van der Waals surface area contributed by atoms with E-state index in [4.69, 9.17) is 5.73 Å². The summed E-state index contributed by atoms with van der Waals surface area (Å²) < 4.78 is 3.18. The SMILES string of the molecule is CCCCn1c(=O)[nH]c(=O)c2c1ncn2CCN. The van der Waals surface area contributed by atoms with Gasteiger partial charge in [0.2, 0.25) is 0 Å². The molecule has 3 N–H and O–H groups in total. The molecule has 0 aliphatic carbocycles. The summed E-state index contributed by atoms with van der Waals surface area (Å²) in [5.41, 5.74) is 5.52. The van der Waals surface area contributed by atoms with Crippen LogP contribution in [0.2, 0.25) is 0 Å². The number of aromatic amines is 1. The third-order valence-electron chi connectivity index (χ3n) is 2.86. The number of hydrogen-bond acceptors (Lipinski definition) is 4. The molecule has 0 fully saturated rings. The van der Waals surface area contributed by atoms with Crippen molar-refractivity contribution in [1.29, 1.82) is 0 Å². The van der Waals surface area contributed by atoms with Crippen LogP contribution >= 0.6 is 0 Å². The van der Waals surface area contributed by atoms with E-state index < -0.39 is 11.2 Å². The fourth-order valence-corrected chi connectivity index (χ4v) is 1.95. The van der Waals surface area contributed by atoms with E-state index in [1.807, 2.05) is 6.92 Å². The van der Waals surface area contributed by atoms with E-state index in [1.165, 1.54) is 4.57 Å². The molecule has 0 amide bonds. The van der Waals surface area contributed by atoms with Gasteiger partial charge in [-0.05, 0) is 6.42 Å². The molecule has 0 aliphatic rings. The van der Waals surface area contributed by atoms with Crippen molar-refractivity contribution in [2.24, 2.45) is 5.73 Å². The van der Waals surface area contributed by atoms with Crippen LogP contribution in [0.5, 0.6) is 0 Å². The first-order chi connectivity index (χ1) is 8.69. The number of nitrogens with zero attached hydrogens (tertiary/aromatic N) is 3. The van der Waals surface area contributed by atoms with Crippen molar-refractivity contribution in [2.45, 2.75) is 32.9 Å². The fraction of sp³-hybridized carbons (Fsp3) is 0.545. The lowest BCUT2D eigenvalue weighted by Crippen LogP contribution is -2.31. The Morgan fingerprint density at radius 3 is 2.83 bits per heavy atom. The topological polar surface area (TPSA) is 98.7 Å². The third kappa shape index (κ3) is 2.08. The maximum absolute atomic E-state index is 11.8. The Bertz CT molecular complexity index is 651. The minimum atomic E-state index is -0.409. The van der Waals surface area contributed by atoms with Crippen LogP contribution in [0.1, 0.15) is 19.8 Å². The smallest absolute Gasteiger partial charge is 0.329 e. The highest BCUT2D eigenvalue weighted by atomic mass is 16.2. The Morgan fingerprint density at radius 1 is 1.39 bits per heavy atom. The van der Waals surface area contributed by atoms with E-state index in [1.54, 1.807) is 10.9 Å². The summed E-state index contributed by atoms with van der Waals surface area (Å²) in [7, 11) is 0. The average Bonchev–Trinajstić information content (AvgIpc) is 2.74. The molecule has 98 valence electrons. The summed E-state index contributed by atoms with van der Waals surface area (Å²) in [6.45, 7) is 3.52. The zero-order valence-corrected chi connectivity index (χ0v) is 10.3. The first-order valence-corrected chi connectivity index (χ1v) is 6.07. The standard InChI is InChI=1S/C11H17N5O2/c1-2-3-5-16-9-8(10(17)14-11(16)18)15(6-4-12)7-13-9/h7H,2-6,12H2,1H3,(H,14,17,18). The molecule has 0 bridgehead atoms. The zero-order valence-electron chi connectivity index (χ0n) is 10.3. The summed E-state index contributed by atoms with van der Waals surface area (Å²) in [5, 5.41) is 0. The molecular formula is C11H17N5O2. The van der Waals surface area contributed by atoms with E-state index in [0.717, 1.165) is 12.8 Å². The lowest BCUT2D eigenvalue weighted by Gasteiger charge is -2.05. The Kier molecular flexibility index (Phi) is 3.61. The molecule has 0 spiro atoms. The molecule has 18 heavy (non-hydrogen) atoms. The van der Waals surface area contributed by atoms with Crippen molar-refractivity contribution in [3.05, 3.63) is 27.2 Å². The molecule has 7 nitrogen and oxygen atoms in total. The highest BCUT2D eigenvalue weighted by Gasteiger charge is 2.12. The van der Waals surface area contributed by atoms with E-state index in [9.17, 15) is 9.59 Å². The van der Waals surface area contributed by atoms with E-state index in [0.29, 0.717) is 30.8 Å². The van der Waals surface area contributed by atoms with Crippen molar-refractivity contribution in [3.8, 4) is 0 Å². The van der Waals surface area contributed by atoms with Crippen LogP contribution < -0.4 is 17.0 Å². The first kappa shape index (κ1) is 12.6. The molecule has 2 aromatic heterocycles. The summed E-state index contributed by atoms with van der Waals surface area (Å²) in [5.74, 6) is 0. The normalized spacial score (nSPS) is 11.2. The minimum Gasteiger partial charge on any atom is -0.329 e. The van der Waals surface area contributed by atoms with Gasteiger partial charge in [-0.3, -0.25) is 14.3 Å². The van der Waals surface area contributed by atoms with Gasteiger partial charge in [0.25, 0.3) is 5.56 Å². The highest BCUT2D eigenvalue weighted by molar-refractivity contribution is 5.69. The Labute approximate surface area is 103 Å². The van der Waals surface area contributed by atoms with Crippen molar-refractivity contribution >= 4 is 11.2 Å². The van der Waals surface area contributed by atoms with Gasteiger partial charge in [0.1, 0.15) is 0 Å². The van der Waals surface area contributed by atoms with E-state index in [-0.39, 0.29) is 0 Å². The van der Waals surface area contributed by atoms with Crippen molar-refractivity contribution in [2.75, 3.05) is 6.54 Å². The van der Waals surface area contributed by atoms with Gasteiger partial charge in [-0.15, -0.1) is 0 Å². The minimum absolute atomic E-state index is 0.404. The number of H-pyrrole nitrogens is 1. The fourth-order valence-electron chi connectivity index (χ4n) is 1.95. The van der Waals surface area contributed by atoms with Crippen LogP contribution in [-0.2, 0) is 13.1 Å². The molecule has 0 radical (unpaired) electrons. The number of aryl methyl sites for hydroxylation is 1. The molecule has 0 aliphatic heterocycles. The highest BCUT2D eigenvalue weighted by Crippen LogP contribution is 2.06. The Balaban J connectivity index is 2.64. The van der Waals surface area contributed by atoms with Gasteiger partial charge >= 0.3 is 5.69 Å². The number of hydrogen-bond donors (Lipinski definition) is 2. The molecule has 0 saturated heterocycles. The van der Waals surface area contributed by atoms with Crippen LogP contribution in [-0.4, -0.2) is 25.6 Å². The van der Waals surface area contributed by atoms with Gasteiger partial charge < -0.3 is 10.3 Å². The molecule has 2 rings (SSSR count). The van der Waals surface area contributed by atoms with Crippen molar-refractivity contribution in [3.63, 3.8) is 0 Å². The molecule has 0 saturated carbocycles. The maximum atomic E-state index is 11.8. The Morgan fingerprint density at radius 2 is 2.17 bits per heavy atom. The number of aromatic nitrogens is 4. The number of nitrogens with two attached hydrogens (primary N) is 1. The second-order valence-electron chi connectivity index (χ2n) is 4.16. The van der Waals surface area contributed by atoms with Crippen LogP contribution in [0.15, 0.2) is 15.9 Å². The molecule has 2 heterocycles. The second kappa shape index (κ2) is 5.18. The van der Waals surface area contributed by atoms with Gasteiger partial charge in [0.15, 0.2) is 11.2 Å². The second-order valence-corrected chi connectivity index (χ2v) is 4.16. The third-order valence-corrected chi connectivity index (χ3v) is 2.86. The predicted molar refractivity (Wildman–Crippen MR) is 68.6 cm³/mol. The lowest BCUT2D eigenvalue weighted by atomic mass is 10.3. The van der Waals surface area contributed by atoms with Crippen LogP contribution in [0, 0.1) is 0 Å². The number of nitrogens with one attached hydrogen (secondary N) is 1. The summed E-state index contributed by atoms with van der Waals surface area (Å²) in [6.07, 6.45) is 3.38. The molecule has 2 aromatic rings. The Hall–Kier alpha value is -1.89. The van der Waals surface area contributed by atoms with E-state index >= 15 is 0 Å². The number of unbranched alkanes of at least 4 members (excludes halogenated alkanes) is 1. The van der Waals surface area contributed by atoms with E-state index in [2.05, 4.69) is 9.97 Å². The monoisotopic (exact) mass is 251 g/mol. The van der Waals surface area contributed by atoms with Gasteiger partial charge in [-0.25, -0.2) is 9.78 Å². The molecule has 7 heteroatoms. The number of fused-ring (bicyclic) bond motifs is 1. The van der Waals surface area contributed by atoms with Crippen molar-refractivity contribution in [1.82, 2.24) is 19.1 Å². The van der Waals surface area contributed by atoms with Gasteiger partial charge in [0.05, 0.1) is 6.33 Å². The molecular weight excluding hydrogens is 234 g/mol. The molecule has 0 aromatic carbocycles. The quantitative estimate of drug-likeness (QED) is 0.758. The van der Waals surface area contributed by atoms with Crippen LogP contribution in [0.4, 0.5) is 0 Å². The first-order valence-electron chi connectivity index (χ1n) is 6.07. The average molecular weight is 251 g/mol. The van der Waals surface area contributed by atoms with Gasteiger partial charge in [-0.1, -0.05) is 13.3 Å². The van der Waals surface area contributed by atoms with Gasteiger partial charge in [0, 0.05) is 19.6 Å². The van der Waals surface area contributed by atoms with Crippen molar-refractivity contribution < 1.29 is 0 Å². The molecule has 0 atom stereocenters. The van der Waals surface area contributed by atoms with Crippen LogP contribution in [0.3, 0.4) is 0 Å². The zero-order chi connectivity index (χ0) is 13.1. The van der Waals surface area contributed by atoms with Gasteiger partial charge in [-0.2, -0.15) is 0 Å². The lowest BCUT2D eigenvalue weighted by molar-refractivity contribution is 0.613. The predicted octanol–water partition coefficient (Wildman–Crippen LogP) is -0.355. The number of rotatable bonds is 5. The summed E-state index contributed by atoms with van der Waals surface area (Å²) >= 11 is 0. The number of imidazole rings is 1. The largest absolute Gasteiger partial charge is 0.330 e. The molecule has 0 unspecified atom stereocenters. The summed E-state index contributed by atoms with van der Waals surface area (Å²) in [6, 6.07) is 0. The summed E-state index contributed by atoms with van der Waals surface area (Å²) in [4.78, 5) is 30.1.